The number of methoxy groups -OCH3 is 1. The molecule has 0 bridgehead atoms. The maximum atomic E-state index is 12.7. The summed E-state index contributed by atoms with van der Waals surface area (Å²) in [7, 11) is 1.14. The van der Waals surface area contributed by atoms with Crippen molar-refractivity contribution in [1.29, 1.82) is 0 Å². The monoisotopic (exact) mass is 630 g/mol. The first kappa shape index (κ1) is 32.7. The summed E-state index contributed by atoms with van der Waals surface area (Å²) in [4.78, 5) is 60.7. The molecule has 1 saturated heterocycles. The van der Waals surface area contributed by atoms with Gasteiger partial charge in [-0.15, -0.1) is 0 Å². The Labute approximate surface area is 262 Å². The van der Waals surface area contributed by atoms with Crippen molar-refractivity contribution >= 4 is 29.8 Å². The SMILES string of the molecule is COC(=O)C1O[C@@H](Oc2ccc3c(c2)CC[C@H]2[C@H]4CC[C@H](OC(C)=O)[C@@]4(C)CC[C@@H]32)C(OC(C)=O)C(OC(C)=O)[C@H]1OC(C)=O. The molecule has 0 amide bonds. The van der Waals surface area contributed by atoms with Crippen molar-refractivity contribution in [3.8, 4) is 5.75 Å². The highest BCUT2D eigenvalue weighted by Gasteiger charge is 2.57. The number of esters is 5. The van der Waals surface area contributed by atoms with Crippen molar-refractivity contribution in [1.82, 2.24) is 0 Å². The molecule has 2 saturated carbocycles. The van der Waals surface area contributed by atoms with Crippen LogP contribution in [-0.4, -0.2) is 73.8 Å². The minimum Gasteiger partial charge on any atom is -0.467 e. The summed E-state index contributed by atoms with van der Waals surface area (Å²) in [5, 5.41) is 0. The van der Waals surface area contributed by atoms with Crippen LogP contribution in [0.25, 0.3) is 0 Å². The number of aryl methyl sites for hydroxylation is 1. The summed E-state index contributed by atoms with van der Waals surface area (Å²) < 4.78 is 39.0. The molecule has 45 heavy (non-hydrogen) atoms. The lowest BCUT2D eigenvalue weighted by molar-refractivity contribution is -0.282. The van der Waals surface area contributed by atoms with Gasteiger partial charge in [0.1, 0.15) is 11.9 Å². The second-order valence-corrected chi connectivity index (χ2v) is 12.8. The first-order valence-electron chi connectivity index (χ1n) is 15.5. The van der Waals surface area contributed by atoms with E-state index in [1.807, 2.05) is 12.1 Å². The van der Waals surface area contributed by atoms with Crippen LogP contribution in [0.4, 0.5) is 0 Å². The van der Waals surface area contributed by atoms with Crippen LogP contribution in [0.3, 0.4) is 0 Å². The summed E-state index contributed by atoms with van der Waals surface area (Å²) in [5.41, 5.74) is 2.37. The maximum absolute atomic E-state index is 12.7. The fraction of sp³-hybridized carbons (Fsp3) is 0.667. The van der Waals surface area contributed by atoms with Gasteiger partial charge in [-0.1, -0.05) is 13.0 Å². The summed E-state index contributed by atoms with van der Waals surface area (Å²) in [5.74, 6) is -1.63. The highest BCUT2D eigenvalue weighted by atomic mass is 16.7. The van der Waals surface area contributed by atoms with Crippen LogP contribution < -0.4 is 4.74 Å². The van der Waals surface area contributed by atoms with Crippen LogP contribution >= 0.6 is 0 Å². The van der Waals surface area contributed by atoms with Crippen molar-refractivity contribution in [2.75, 3.05) is 7.11 Å². The van der Waals surface area contributed by atoms with Gasteiger partial charge in [-0.3, -0.25) is 19.2 Å². The zero-order valence-corrected chi connectivity index (χ0v) is 26.6. The Kier molecular flexibility index (Phi) is 9.44. The zero-order valence-electron chi connectivity index (χ0n) is 26.6. The lowest BCUT2D eigenvalue weighted by atomic mass is 9.55. The summed E-state index contributed by atoms with van der Waals surface area (Å²) in [6.07, 6.45) is -1.50. The molecule has 246 valence electrons. The molecule has 0 spiro atoms. The van der Waals surface area contributed by atoms with Gasteiger partial charge in [0.25, 0.3) is 0 Å². The third kappa shape index (κ3) is 6.52. The largest absolute Gasteiger partial charge is 0.467 e. The van der Waals surface area contributed by atoms with Crippen LogP contribution in [-0.2, 0) is 58.8 Å². The van der Waals surface area contributed by atoms with Crippen LogP contribution in [0, 0.1) is 17.3 Å². The quantitative estimate of drug-likeness (QED) is 0.320. The first-order chi connectivity index (χ1) is 21.3. The van der Waals surface area contributed by atoms with Gasteiger partial charge in [-0.2, -0.15) is 0 Å². The van der Waals surface area contributed by atoms with E-state index in [4.69, 9.17) is 33.2 Å². The number of rotatable bonds is 7. The zero-order chi connectivity index (χ0) is 32.6. The molecular weight excluding hydrogens is 588 g/mol. The molecule has 1 heterocycles. The van der Waals surface area contributed by atoms with E-state index in [0.717, 1.165) is 65.0 Å². The summed E-state index contributed by atoms with van der Waals surface area (Å²) >= 11 is 0. The number of carbonyl (C=O) groups excluding carboxylic acids is 5. The predicted octanol–water partition coefficient (Wildman–Crippen LogP) is 3.55. The molecule has 12 nitrogen and oxygen atoms in total. The second-order valence-electron chi connectivity index (χ2n) is 12.8. The number of hydrogen-bond acceptors (Lipinski definition) is 12. The van der Waals surface area contributed by atoms with Crippen LogP contribution in [0.5, 0.6) is 5.75 Å². The lowest BCUT2D eigenvalue weighted by Crippen LogP contribution is -2.64. The molecule has 1 aliphatic heterocycles. The Bertz CT molecular complexity index is 1340. The first-order valence-corrected chi connectivity index (χ1v) is 15.5. The number of hydrogen-bond donors (Lipinski definition) is 0. The molecule has 1 aromatic carbocycles. The number of ether oxygens (including phenoxy) is 7. The van der Waals surface area contributed by atoms with Crippen LogP contribution in [0.1, 0.15) is 83.8 Å². The molecule has 4 aliphatic rings. The van der Waals surface area contributed by atoms with Gasteiger partial charge in [0.2, 0.25) is 12.4 Å². The van der Waals surface area contributed by atoms with Crippen molar-refractivity contribution in [3.63, 3.8) is 0 Å². The van der Waals surface area contributed by atoms with Crippen molar-refractivity contribution < 1.29 is 57.1 Å². The van der Waals surface area contributed by atoms with Gasteiger partial charge in [-0.05, 0) is 79.5 Å². The third-order valence-corrected chi connectivity index (χ3v) is 10.0. The van der Waals surface area contributed by atoms with Gasteiger partial charge < -0.3 is 33.2 Å². The van der Waals surface area contributed by atoms with E-state index < -0.39 is 54.6 Å². The van der Waals surface area contributed by atoms with E-state index in [9.17, 15) is 24.0 Å². The van der Waals surface area contributed by atoms with E-state index in [2.05, 4.69) is 13.0 Å². The summed E-state index contributed by atoms with van der Waals surface area (Å²) in [6, 6.07) is 5.79. The molecule has 3 aliphatic carbocycles. The van der Waals surface area contributed by atoms with E-state index in [-0.39, 0.29) is 17.5 Å². The Hall–Kier alpha value is -3.67. The molecule has 1 aromatic rings. The molecule has 12 heteroatoms. The minimum atomic E-state index is -1.53. The van der Waals surface area contributed by atoms with E-state index in [1.165, 1.54) is 19.4 Å². The highest BCUT2D eigenvalue weighted by molar-refractivity contribution is 5.77. The third-order valence-electron chi connectivity index (χ3n) is 10.0. The lowest BCUT2D eigenvalue weighted by Gasteiger charge is -2.50. The molecule has 3 unspecified atom stereocenters. The topological polar surface area (TPSA) is 150 Å². The highest BCUT2D eigenvalue weighted by Crippen LogP contribution is 2.61. The maximum Gasteiger partial charge on any atom is 0.339 e. The number of carbonyl (C=O) groups is 5. The fourth-order valence-electron chi connectivity index (χ4n) is 8.29. The van der Waals surface area contributed by atoms with Crippen LogP contribution in [0.2, 0.25) is 0 Å². The number of benzene rings is 1. The second kappa shape index (κ2) is 13.0. The molecule has 3 fully saturated rings. The average molecular weight is 631 g/mol. The Morgan fingerprint density at radius 1 is 0.800 bits per heavy atom. The van der Waals surface area contributed by atoms with Gasteiger partial charge in [0.15, 0.2) is 18.3 Å². The standard InChI is InChI=1S/C33H42O12/c1-16(34)40-26-12-11-25-24-9-7-20-15-21(8-10-22(20)23(24)13-14-33(25,26)5)44-32-30(43-19(4)37)28(42-18(3)36)27(41-17(2)35)29(45-32)31(38)39-6/h8,10,15,23-30,32H,7,9,11-14H2,1-6H3/t23-,24+,25+,26-,27+,28?,29?,30?,32+,33-/m0/s1. The van der Waals surface area contributed by atoms with Crippen molar-refractivity contribution in [2.24, 2.45) is 17.3 Å². The molecule has 5 rings (SSSR count). The van der Waals surface area contributed by atoms with Crippen molar-refractivity contribution in [3.05, 3.63) is 29.3 Å². The van der Waals surface area contributed by atoms with E-state index in [1.54, 1.807) is 0 Å². The Balaban J connectivity index is 1.40. The van der Waals surface area contributed by atoms with Gasteiger partial charge in [0, 0.05) is 33.1 Å². The van der Waals surface area contributed by atoms with Gasteiger partial charge in [-0.25, -0.2) is 4.79 Å². The molecule has 0 N–H and O–H groups in total. The summed E-state index contributed by atoms with van der Waals surface area (Å²) in [6.45, 7) is 7.19. The van der Waals surface area contributed by atoms with Gasteiger partial charge in [0.05, 0.1) is 7.11 Å². The van der Waals surface area contributed by atoms with Gasteiger partial charge >= 0.3 is 29.8 Å². The smallest absolute Gasteiger partial charge is 0.339 e. The normalized spacial score (nSPS) is 35.0. The van der Waals surface area contributed by atoms with E-state index in [0.29, 0.717) is 23.5 Å². The molecule has 0 radical (unpaired) electrons. The Morgan fingerprint density at radius 2 is 1.44 bits per heavy atom. The van der Waals surface area contributed by atoms with Crippen molar-refractivity contribution in [2.45, 2.75) is 116 Å². The Morgan fingerprint density at radius 3 is 2.09 bits per heavy atom. The van der Waals surface area contributed by atoms with Crippen LogP contribution in [0.15, 0.2) is 18.2 Å². The number of fused-ring (bicyclic) bond motifs is 5. The minimum absolute atomic E-state index is 0.0178. The average Bonchev–Trinajstić information content (AvgIpc) is 3.29. The van der Waals surface area contributed by atoms with E-state index >= 15 is 0 Å². The fourth-order valence-corrected chi connectivity index (χ4v) is 8.29. The predicted molar refractivity (Wildman–Crippen MR) is 155 cm³/mol. The molecule has 10 atom stereocenters. The molecular formula is C33H42O12. The molecule has 0 aromatic heterocycles.